The number of hydrogen-bond donors (Lipinski definition) is 2. The van der Waals surface area contributed by atoms with E-state index in [1.807, 2.05) is 37.4 Å². The molecule has 2 N–H and O–H groups in total. The van der Waals surface area contributed by atoms with Gasteiger partial charge in [-0.05, 0) is 32.4 Å². The number of carbonyl (C=O) groups excluding carboxylic acids is 1. The molecule has 2 aromatic rings. The Kier molecular flexibility index (Phi) is 4.74. The third-order valence-corrected chi connectivity index (χ3v) is 3.70. The summed E-state index contributed by atoms with van der Waals surface area (Å²) in [5.41, 5.74) is 3.50. The van der Waals surface area contributed by atoms with Crippen molar-refractivity contribution in [2.45, 2.75) is 27.2 Å². The highest BCUT2D eigenvalue weighted by Gasteiger charge is 2.13. The van der Waals surface area contributed by atoms with Crippen LogP contribution in [0.4, 0.5) is 10.8 Å². The molecule has 0 aliphatic carbocycles. The highest BCUT2D eigenvalue weighted by Crippen LogP contribution is 2.21. The number of rotatable bonds is 5. The Morgan fingerprint density at radius 1 is 1.35 bits per heavy atom. The summed E-state index contributed by atoms with van der Waals surface area (Å²) in [4.78, 5) is 16.6. The lowest BCUT2D eigenvalue weighted by Gasteiger charge is -2.11. The van der Waals surface area contributed by atoms with Crippen molar-refractivity contribution in [3.63, 3.8) is 0 Å². The number of amides is 1. The maximum absolute atomic E-state index is 12.4. The van der Waals surface area contributed by atoms with Crippen LogP contribution in [0, 0.1) is 13.8 Å². The highest BCUT2D eigenvalue weighted by molar-refractivity contribution is 7.13. The molecule has 0 bridgehead atoms. The third-order valence-electron chi connectivity index (χ3n) is 2.82. The van der Waals surface area contributed by atoms with Gasteiger partial charge in [-0.15, -0.1) is 11.3 Å². The molecule has 20 heavy (non-hydrogen) atoms. The Balaban J connectivity index is 2.21. The van der Waals surface area contributed by atoms with Crippen LogP contribution in [-0.4, -0.2) is 17.4 Å². The molecule has 0 unspecified atom stereocenters. The summed E-state index contributed by atoms with van der Waals surface area (Å²) in [6.45, 7) is 6.83. The normalized spacial score (nSPS) is 10.3. The number of nitrogens with zero attached hydrogens (tertiary/aromatic N) is 1. The highest BCUT2D eigenvalue weighted by atomic mass is 32.1. The van der Waals surface area contributed by atoms with Crippen molar-refractivity contribution in [3.05, 3.63) is 40.4 Å². The van der Waals surface area contributed by atoms with Gasteiger partial charge in [-0.3, -0.25) is 10.1 Å². The Bertz CT molecular complexity index is 607. The van der Waals surface area contributed by atoms with Crippen molar-refractivity contribution in [2.24, 2.45) is 0 Å². The summed E-state index contributed by atoms with van der Waals surface area (Å²) >= 11 is 1.44. The van der Waals surface area contributed by atoms with Gasteiger partial charge in [-0.25, -0.2) is 4.98 Å². The van der Waals surface area contributed by atoms with Gasteiger partial charge < -0.3 is 5.32 Å². The first kappa shape index (κ1) is 14.5. The van der Waals surface area contributed by atoms with E-state index in [2.05, 4.69) is 22.5 Å². The summed E-state index contributed by atoms with van der Waals surface area (Å²) in [5.74, 6) is -0.123. The zero-order valence-corrected chi connectivity index (χ0v) is 12.8. The first-order valence-electron chi connectivity index (χ1n) is 6.68. The average molecular weight is 289 g/mol. The van der Waals surface area contributed by atoms with Crippen LogP contribution in [0.2, 0.25) is 0 Å². The molecule has 0 radical (unpaired) electrons. The number of nitrogens with one attached hydrogen (secondary N) is 2. The molecule has 1 amide bonds. The number of aryl methyl sites for hydroxylation is 2. The second-order valence-electron chi connectivity index (χ2n) is 4.72. The first-order chi connectivity index (χ1) is 9.60. The maximum Gasteiger partial charge on any atom is 0.259 e. The molecule has 0 fully saturated rings. The SMILES string of the molecule is CCCNc1ccc(C)cc1C(=O)Nc1nc(C)cs1. The number of anilines is 2. The summed E-state index contributed by atoms with van der Waals surface area (Å²) in [5, 5.41) is 8.69. The fourth-order valence-electron chi connectivity index (χ4n) is 1.84. The molecule has 0 saturated carbocycles. The van der Waals surface area contributed by atoms with Crippen LogP contribution in [0.1, 0.15) is 35.0 Å². The summed E-state index contributed by atoms with van der Waals surface area (Å²) in [6, 6.07) is 5.85. The third kappa shape index (κ3) is 3.57. The van der Waals surface area contributed by atoms with Gasteiger partial charge in [-0.1, -0.05) is 18.6 Å². The lowest BCUT2D eigenvalue weighted by Crippen LogP contribution is -2.15. The Hall–Kier alpha value is -1.88. The Morgan fingerprint density at radius 3 is 2.80 bits per heavy atom. The van der Waals surface area contributed by atoms with Crippen LogP contribution in [0.5, 0.6) is 0 Å². The molecule has 2 rings (SSSR count). The van der Waals surface area contributed by atoms with Crippen molar-refractivity contribution in [3.8, 4) is 0 Å². The van der Waals surface area contributed by atoms with E-state index in [1.54, 1.807) is 0 Å². The number of benzene rings is 1. The van der Waals surface area contributed by atoms with Crippen LogP contribution in [0.15, 0.2) is 23.6 Å². The van der Waals surface area contributed by atoms with E-state index in [0.717, 1.165) is 29.9 Å². The standard InChI is InChI=1S/C15H19N3OS/c1-4-7-16-13-6-5-10(2)8-12(13)14(19)18-15-17-11(3)9-20-15/h5-6,8-9,16H,4,7H2,1-3H3,(H,17,18,19). The topological polar surface area (TPSA) is 54.0 Å². The second kappa shape index (κ2) is 6.52. The Morgan fingerprint density at radius 2 is 2.15 bits per heavy atom. The summed E-state index contributed by atoms with van der Waals surface area (Å²) < 4.78 is 0. The monoisotopic (exact) mass is 289 g/mol. The summed E-state index contributed by atoms with van der Waals surface area (Å²) in [7, 11) is 0. The molecule has 1 aromatic heterocycles. The van der Waals surface area contributed by atoms with E-state index in [0.29, 0.717) is 10.7 Å². The van der Waals surface area contributed by atoms with Gasteiger partial charge in [0.05, 0.1) is 11.3 Å². The first-order valence-corrected chi connectivity index (χ1v) is 7.56. The van der Waals surface area contributed by atoms with E-state index in [1.165, 1.54) is 11.3 Å². The van der Waals surface area contributed by atoms with E-state index >= 15 is 0 Å². The van der Waals surface area contributed by atoms with Gasteiger partial charge in [-0.2, -0.15) is 0 Å². The molecule has 106 valence electrons. The number of carbonyl (C=O) groups is 1. The smallest absolute Gasteiger partial charge is 0.259 e. The number of thiazole rings is 1. The van der Waals surface area contributed by atoms with Crippen LogP contribution in [0.25, 0.3) is 0 Å². The van der Waals surface area contributed by atoms with Crippen molar-refractivity contribution < 1.29 is 4.79 Å². The van der Waals surface area contributed by atoms with Crippen LogP contribution in [0.3, 0.4) is 0 Å². The minimum absolute atomic E-state index is 0.123. The van der Waals surface area contributed by atoms with Crippen molar-refractivity contribution >= 4 is 28.1 Å². The second-order valence-corrected chi connectivity index (χ2v) is 5.58. The van der Waals surface area contributed by atoms with Gasteiger partial charge in [0.1, 0.15) is 0 Å². The lowest BCUT2D eigenvalue weighted by molar-refractivity contribution is 0.102. The van der Waals surface area contributed by atoms with E-state index in [4.69, 9.17) is 0 Å². The van der Waals surface area contributed by atoms with Crippen molar-refractivity contribution in [2.75, 3.05) is 17.2 Å². The molecule has 4 nitrogen and oxygen atoms in total. The predicted molar refractivity (Wildman–Crippen MR) is 84.8 cm³/mol. The zero-order chi connectivity index (χ0) is 14.5. The van der Waals surface area contributed by atoms with Gasteiger partial charge in [0, 0.05) is 17.6 Å². The summed E-state index contributed by atoms with van der Waals surface area (Å²) in [6.07, 6.45) is 1.01. The molecule has 0 aliphatic heterocycles. The molecule has 5 heteroatoms. The lowest BCUT2D eigenvalue weighted by atomic mass is 10.1. The molecule has 1 aromatic carbocycles. The van der Waals surface area contributed by atoms with Crippen LogP contribution >= 0.6 is 11.3 Å². The molecule has 0 aliphatic rings. The van der Waals surface area contributed by atoms with Gasteiger partial charge in [0.25, 0.3) is 5.91 Å². The number of aromatic nitrogens is 1. The average Bonchev–Trinajstić information content (AvgIpc) is 2.82. The molecule has 0 spiro atoms. The van der Waals surface area contributed by atoms with Crippen molar-refractivity contribution in [1.29, 1.82) is 0 Å². The van der Waals surface area contributed by atoms with E-state index < -0.39 is 0 Å². The van der Waals surface area contributed by atoms with Gasteiger partial charge in [0.2, 0.25) is 0 Å². The quantitative estimate of drug-likeness (QED) is 0.879. The van der Waals surface area contributed by atoms with Crippen LogP contribution < -0.4 is 10.6 Å². The minimum Gasteiger partial charge on any atom is -0.384 e. The molecule has 0 saturated heterocycles. The predicted octanol–water partition coefficient (Wildman–Crippen LogP) is 3.83. The maximum atomic E-state index is 12.4. The zero-order valence-electron chi connectivity index (χ0n) is 12.0. The Labute approximate surface area is 123 Å². The van der Waals surface area contributed by atoms with Gasteiger partial charge in [0.15, 0.2) is 5.13 Å². The van der Waals surface area contributed by atoms with Crippen LogP contribution in [-0.2, 0) is 0 Å². The number of hydrogen-bond acceptors (Lipinski definition) is 4. The molecular formula is C15H19N3OS. The minimum atomic E-state index is -0.123. The van der Waals surface area contributed by atoms with E-state index in [-0.39, 0.29) is 5.91 Å². The largest absolute Gasteiger partial charge is 0.384 e. The van der Waals surface area contributed by atoms with E-state index in [9.17, 15) is 4.79 Å². The fourth-order valence-corrected chi connectivity index (χ4v) is 2.52. The molecule has 1 heterocycles. The fraction of sp³-hybridized carbons (Fsp3) is 0.333. The molecule has 0 atom stereocenters. The van der Waals surface area contributed by atoms with Gasteiger partial charge >= 0.3 is 0 Å². The van der Waals surface area contributed by atoms with Crippen molar-refractivity contribution in [1.82, 2.24) is 4.98 Å². The molecular weight excluding hydrogens is 270 g/mol.